The van der Waals surface area contributed by atoms with E-state index in [2.05, 4.69) is 4.98 Å². The summed E-state index contributed by atoms with van der Waals surface area (Å²) in [6.45, 7) is 0. The van der Waals surface area contributed by atoms with Crippen molar-refractivity contribution in [1.82, 2.24) is 9.55 Å². The summed E-state index contributed by atoms with van der Waals surface area (Å²) >= 11 is 0. The van der Waals surface area contributed by atoms with Gasteiger partial charge in [-0.05, 0) is 31.0 Å². The molecule has 0 radical (unpaired) electrons. The zero-order valence-electron chi connectivity index (χ0n) is 9.79. The lowest BCUT2D eigenvalue weighted by Crippen LogP contribution is -2.21. The molecule has 18 heavy (non-hydrogen) atoms. The fourth-order valence-corrected chi connectivity index (χ4v) is 3.79. The topological polar surface area (TPSA) is 75.8 Å². The number of nitriles is 1. The SMILES string of the molecule is Cn1cnc2cc(S(=O)(=O)C3(C#N)CC3)ccc21. The molecule has 0 saturated heterocycles. The minimum atomic E-state index is -3.57. The van der Waals surface area contributed by atoms with E-state index in [0.717, 1.165) is 5.52 Å². The predicted octanol–water partition coefficient (Wildman–Crippen LogP) is 1.40. The van der Waals surface area contributed by atoms with Crippen molar-refractivity contribution < 1.29 is 8.42 Å². The van der Waals surface area contributed by atoms with Gasteiger partial charge in [0.2, 0.25) is 0 Å². The van der Waals surface area contributed by atoms with E-state index in [1.165, 1.54) is 0 Å². The van der Waals surface area contributed by atoms with Gasteiger partial charge in [0.1, 0.15) is 0 Å². The summed E-state index contributed by atoms with van der Waals surface area (Å²) in [4.78, 5) is 4.32. The third-order valence-electron chi connectivity index (χ3n) is 3.43. The van der Waals surface area contributed by atoms with Crippen LogP contribution in [0.2, 0.25) is 0 Å². The van der Waals surface area contributed by atoms with Gasteiger partial charge in [-0.15, -0.1) is 0 Å². The molecule has 6 heteroatoms. The first-order valence-electron chi connectivity index (χ1n) is 5.57. The van der Waals surface area contributed by atoms with Crippen molar-refractivity contribution >= 4 is 20.9 Å². The Kier molecular flexibility index (Phi) is 2.08. The van der Waals surface area contributed by atoms with Gasteiger partial charge in [-0.2, -0.15) is 5.26 Å². The van der Waals surface area contributed by atoms with Crippen LogP contribution in [-0.2, 0) is 16.9 Å². The van der Waals surface area contributed by atoms with Crippen molar-refractivity contribution in [3.05, 3.63) is 24.5 Å². The number of rotatable bonds is 2. The second-order valence-corrected chi connectivity index (χ2v) is 6.88. The van der Waals surface area contributed by atoms with Crippen LogP contribution in [0.5, 0.6) is 0 Å². The van der Waals surface area contributed by atoms with E-state index in [4.69, 9.17) is 5.26 Å². The largest absolute Gasteiger partial charge is 0.334 e. The monoisotopic (exact) mass is 261 g/mol. The van der Waals surface area contributed by atoms with Crippen molar-refractivity contribution in [2.24, 2.45) is 7.05 Å². The summed E-state index contributed by atoms with van der Waals surface area (Å²) in [6.07, 6.45) is 2.48. The van der Waals surface area contributed by atoms with E-state index in [1.807, 2.05) is 17.7 Å². The van der Waals surface area contributed by atoms with Gasteiger partial charge in [0.15, 0.2) is 14.6 Å². The number of sulfone groups is 1. The standard InChI is InChI=1S/C12H11N3O2S/c1-15-8-14-10-6-9(2-3-11(10)15)18(16,17)12(7-13)4-5-12/h2-3,6,8H,4-5H2,1H3. The first-order valence-corrected chi connectivity index (χ1v) is 7.05. The summed E-state index contributed by atoms with van der Waals surface area (Å²) in [5, 5.41) is 9.02. The van der Waals surface area contributed by atoms with Gasteiger partial charge >= 0.3 is 0 Å². The minimum Gasteiger partial charge on any atom is -0.334 e. The lowest BCUT2D eigenvalue weighted by Gasteiger charge is -2.08. The van der Waals surface area contributed by atoms with E-state index >= 15 is 0 Å². The molecule has 1 aliphatic carbocycles. The van der Waals surface area contributed by atoms with Crippen LogP contribution in [0.3, 0.4) is 0 Å². The molecular formula is C12H11N3O2S. The molecule has 0 amide bonds. The maximum absolute atomic E-state index is 12.3. The third kappa shape index (κ3) is 1.31. The Morgan fingerprint density at radius 3 is 2.78 bits per heavy atom. The van der Waals surface area contributed by atoms with E-state index in [1.54, 1.807) is 24.5 Å². The summed E-state index contributed by atoms with van der Waals surface area (Å²) in [7, 11) is -1.72. The third-order valence-corrected chi connectivity index (χ3v) is 5.83. The average molecular weight is 261 g/mol. The average Bonchev–Trinajstić information content (AvgIpc) is 3.10. The second kappa shape index (κ2) is 3.33. The van der Waals surface area contributed by atoms with E-state index in [9.17, 15) is 8.42 Å². The molecule has 0 N–H and O–H groups in total. The fraction of sp³-hybridized carbons (Fsp3) is 0.333. The molecule has 1 heterocycles. The fourth-order valence-electron chi connectivity index (χ4n) is 2.06. The van der Waals surface area contributed by atoms with Crippen LogP contribution < -0.4 is 0 Å². The zero-order chi connectivity index (χ0) is 13.0. The van der Waals surface area contributed by atoms with Crippen LogP contribution in [0.15, 0.2) is 29.4 Å². The smallest absolute Gasteiger partial charge is 0.197 e. The molecule has 1 aromatic carbocycles. The molecule has 1 fully saturated rings. The maximum Gasteiger partial charge on any atom is 0.197 e. The number of fused-ring (bicyclic) bond motifs is 1. The molecule has 0 bridgehead atoms. The number of aryl methyl sites for hydroxylation is 1. The predicted molar refractivity (Wildman–Crippen MR) is 65.5 cm³/mol. The highest BCUT2D eigenvalue weighted by molar-refractivity contribution is 7.93. The molecule has 1 saturated carbocycles. The lowest BCUT2D eigenvalue weighted by molar-refractivity contribution is 0.588. The molecule has 0 spiro atoms. The van der Waals surface area contributed by atoms with Crippen LogP contribution >= 0.6 is 0 Å². The first kappa shape index (κ1) is 11.2. The summed E-state index contributed by atoms with van der Waals surface area (Å²) in [6, 6.07) is 6.75. The van der Waals surface area contributed by atoms with Gasteiger partial charge in [0.25, 0.3) is 0 Å². The van der Waals surface area contributed by atoms with Crippen LogP contribution in [0.4, 0.5) is 0 Å². The lowest BCUT2D eigenvalue weighted by atomic mass is 10.3. The number of imidazole rings is 1. The molecule has 3 rings (SSSR count). The van der Waals surface area contributed by atoms with Gasteiger partial charge in [-0.25, -0.2) is 13.4 Å². The quantitative estimate of drug-likeness (QED) is 0.819. The normalized spacial score (nSPS) is 17.6. The molecule has 0 unspecified atom stereocenters. The number of benzene rings is 1. The molecule has 0 aliphatic heterocycles. The Hall–Kier alpha value is -1.87. The highest BCUT2D eigenvalue weighted by Gasteiger charge is 2.56. The van der Waals surface area contributed by atoms with Crippen molar-refractivity contribution in [2.45, 2.75) is 22.5 Å². The zero-order valence-corrected chi connectivity index (χ0v) is 10.6. The van der Waals surface area contributed by atoms with Gasteiger partial charge in [0.05, 0.1) is 28.3 Å². The molecule has 92 valence electrons. The van der Waals surface area contributed by atoms with Crippen molar-refractivity contribution in [2.75, 3.05) is 0 Å². The summed E-state index contributed by atoms with van der Waals surface area (Å²) < 4.78 is 25.3. The van der Waals surface area contributed by atoms with Crippen LogP contribution in [-0.4, -0.2) is 22.7 Å². The number of hydrogen-bond acceptors (Lipinski definition) is 4. The second-order valence-electron chi connectivity index (χ2n) is 4.62. The Morgan fingerprint density at radius 1 is 1.44 bits per heavy atom. The molecule has 1 aliphatic rings. The highest BCUT2D eigenvalue weighted by Crippen LogP contribution is 2.46. The maximum atomic E-state index is 12.3. The Balaban J connectivity index is 2.19. The first-order chi connectivity index (χ1) is 8.50. The van der Waals surface area contributed by atoms with Crippen molar-refractivity contribution in [3.8, 4) is 6.07 Å². The summed E-state index contributed by atoms with van der Waals surface area (Å²) in [5.41, 5.74) is 1.50. The van der Waals surface area contributed by atoms with Crippen LogP contribution in [0.25, 0.3) is 11.0 Å². The van der Waals surface area contributed by atoms with E-state index in [0.29, 0.717) is 18.4 Å². The van der Waals surface area contributed by atoms with Crippen molar-refractivity contribution in [1.29, 1.82) is 5.26 Å². The number of aromatic nitrogens is 2. The number of hydrogen-bond donors (Lipinski definition) is 0. The molecule has 0 atom stereocenters. The molecule has 2 aromatic rings. The van der Waals surface area contributed by atoms with E-state index < -0.39 is 14.6 Å². The minimum absolute atomic E-state index is 0.188. The van der Waals surface area contributed by atoms with Gasteiger partial charge in [-0.3, -0.25) is 0 Å². The molecule has 1 aromatic heterocycles. The highest BCUT2D eigenvalue weighted by atomic mass is 32.2. The Morgan fingerprint density at radius 2 is 2.17 bits per heavy atom. The van der Waals surface area contributed by atoms with E-state index in [-0.39, 0.29) is 4.90 Å². The molecule has 5 nitrogen and oxygen atoms in total. The summed E-state index contributed by atoms with van der Waals surface area (Å²) in [5.74, 6) is 0. The van der Waals surface area contributed by atoms with Crippen molar-refractivity contribution in [3.63, 3.8) is 0 Å². The molecular weight excluding hydrogens is 250 g/mol. The Labute approximate surface area is 105 Å². The van der Waals surface area contributed by atoms with Gasteiger partial charge in [-0.1, -0.05) is 0 Å². The van der Waals surface area contributed by atoms with Crippen LogP contribution in [0.1, 0.15) is 12.8 Å². The van der Waals surface area contributed by atoms with Gasteiger partial charge < -0.3 is 4.57 Å². The van der Waals surface area contributed by atoms with Crippen LogP contribution in [0, 0.1) is 11.3 Å². The Bertz CT molecular complexity index is 779. The number of nitrogens with zero attached hydrogens (tertiary/aromatic N) is 3. The van der Waals surface area contributed by atoms with Gasteiger partial charge in [0, 0.05) is 7.05 Å².